The number of nitrogens with one attached hydrogen (secondary N) is 1. The first-order chi connectivity index (χ1) is 14.5. The highest BCUT2D eigenvalue weighted by Crippen LogP contribution is 2.39. The molecular weight excluding hydrogens is 426 g/mol. The number of ketones is 1. The summed E-state index contributed by atoms with van der Waals surface area (Å²) in [6.45, 7) is 0. The van der Waals surface area contributed by atoms with Crippen LogP contribution in [0.3, 0.4) is 0 Å². The number of nitrogens with zero attached hydrogens (tertiary/aromatic N) is 1. The minimum atomic E-state index is -4.80. The molecule has 0 radical (unpaired) electrons. The minimum Gasteiger partial charge on any atom is -0.328 e. The Bertz CT molecular complexity index is 1130. The lowest BCUT2D eigenvalue weighted by Crippen LogP contribution is -2.21. The van der Waals surface area contributed by atoms with Gasteiger partial charge in [0, 0.05) is 24.7 Å². The number of pyridine rings is 2. The van der Waals surface area contributed by atoms with Crippen molar-refractivity contribution in [3.05, 3.63) is 99.2 Å². The zero-order valence-corrected chi connectivity index (χ0v) is 15.6. The third kappa shape index (κ3) is 5.01. The molecule has 0 saturated heterocycles. The Balaban J connectivity index is 2.10. The van der Waals surface area contributed by atoms with Crippen LogP contribution in [0.1, 0.15) is 45.1 Å². The third-order valence-corrected chi connectivity index (χ3v) is 4.62. The second-order valence-electron chi connectivity index (χ2n) is 6.65. The van der Waals surface area contributed by atoms with E-state index in [2.05, 4.69) is 9.97 Å². The van der Waals surface area contributed by atoms with E-state index in [0.717, 1.165) is 42.6 Å². The Morgan fingerprint density at radius 1 is 0.935 bits per heavy atom. The van der Waals surface area contributed by atoms with Crippen molar-refractivity contribution in [2.75, 3.05) is 0 Å². The summed E-state index contributed by atoms with van der Waals surface area (Å²) in [5.41, 5.74) is -3.60. The van der Waals surface area contributed by atoms with Gasteiger partial charge < -0.3 is 4.98 Å². The van der Waals surface area contributed by atoms with E-state index >= 15 is 0 Å². The Morgan fingerprint density at radius 3 is 2.19 bits per heavy atom. The van der Waals surface area contributed by atoms with Crippen molar-refractivity contribution in [3.63, 3.8) is 0 Å². The number of halogens is 6. The van der Waals surface area contributed by atoms with Crippen LogP contribution in [0.4, 0.5) is 26.3 Å². The highest BCUT2D eigenvalue weighted by atomic mass is 19.4. The van der Waals surface area contributed by atoms with Crippen molar-refractivity contribution < 1.29 is 31.1 Å². The summed E-state index contributed by atoms with van der Waals surface area (Å²) in [5, 5.41) is 0. The molecular formula is C21H14F6N2O2. The maximum Gasteiger partial charge on any atom is 0.418 e. The molecule has 0 aliphatic rings. The first-order valence-corrected chi connectivity index (χ1v) is 8.88. The molecule has 0 aliphatic carbocycles. The zero-order valence-electron chi connectivity index (χ0n) is 15.6. The molecule has 2 heterocycles. The second kappa shape index (κ2) is 8.37. The maximum absolute atomic E-state index is 13.5. The molecule has 2 aromatic heterocycles. The molecule has 3 aromatic rings. The SMILES string of the molecule is O=C(C[C@@H](c1ccc(C(F)(F)F)cc1)c1ncccc1C(F)(F)F)c1ccc[nH]c1=O. The average Bonchev–Trinajstić information content (AvgIpc) is 2.71. The lowest BCUT2D eigenvalue weighted by Gasteiger charge is -2.21. The number of aromatic amines is 1. The molecule has 0 unspecified atom stereocenters. The van der Waals surface area contributed by atoms with E-state index in [0.29, 0.717) is 0 Å². The summed E-state index contributed by atoms with van der Waals surface area (Å²) < 4.78 is 79.3. The highest BCUT2D eigenvalue weighted by Gasteiger charge is 2.37. The van der Waals surface area contributed by atoms with Crippen LogP contribution in [0.15, 0.2) is 65.7 Å². The molecule has 162 valence electrons. The number of carbonyl (C=O) groups is 1. The third-order valence-electron chi connectivity index (χ3n) is 4.62. The fourth-order valence-corrected chi connectivity index (χ4v) is 3.15. The van der Waals surface area contributed by atoms with Crippen LogP contribution < -0.4 is 5.56 Å². The lowest BCUT2D eigenvalue weighted by atomic mass is 9.86. The predicted molar refractivity (Wildman–Crippen MR) is 98.5 cm³/mol. The quantitative estimate of drug-likeness (QED) is 0.438. The molecule has 0 amide bonds. The van der Waals surface area contributed by atoms with Gasteiger partial charge in [0.25, 0.3) is 5.56 Å². The van der Waals surface area contributed by atoms with Crippen molar-refractivity contribution >= 4 is 5.78 Å². The van der Waals surface area contributed by atoms with Gasteiger partial charge in [0.1, 0.15) is 0 Å². The number of hydrogen-bond donors (Lipinski definition) is 1. The van der Waals surface area contributed by atoms with Crippen LogP contribution in [0.5, 0.6) is 0 Å². The fraction of sp³-hybridized carbons (Fsp3) is 0.190. The van der Waals surface area contributed by atoms with Crippen LogP contribution in [0.25, 0.3) is 0 Å². The molecule has 4 nitrogen and oxygen atoms in total. The predicted octanol–water partition coefficient (Wildman–Crippen LogP) is 5.21. The highest BCUT2D eigenvalue weighted by molar-refractivity contribution is 5.96. The number of benzene rings is 1. The van der Waals surface area contributed by atoms with Crippen molar-refractivity contribution in [2.24, 2.45) is 0 Å². The molecule has 0 fully saturated rings. The normalized spacial score (nSPS) is 13.1. The topological polar surface area (TPSA) is 62.8 Å². The van der Waals surface area contributed by atoms with Gasteiger partial charge in [-0.25, -0.2) is 0 Å². The summed E-state index contributed by atoms with van der Waals surface area (Å²) in [6.07, 6.45) is -7.66. The molecule has 1 N–H and O–H groups in total. The van der Waals surface area contributed by atoms with E-state index in [1.54, 1.807) is 0 Å². The van der Waals surface area contributed by atoms with Gasteiger partial charge in [-0.2, -0.15) is 26.3 Å². The van der Waals surface area contributed by atoms with Crippen molar-refractivity contribution in [1.29, 1.82) is 0 Å². The summed E-state index contributed by atoms with van der Waals surface area (Å²) in [5.74, 6) is -2.10. The summed E-state index contributed by atoms with van der Waals surface area (Å²) >= 11 is 0. The Hall–Kier alpha value is -3.43. The number of H-pyrrole nitrogens is 1. The Kier molecular flexibility index (Phi) is 6.01. The minimum absolute atomic E-state index is 0.0258. The maximum atomic E-state index is 13.5. The number of aromatic nitrogens is 2. The van der Waals surface area contributed by atoms with E-state index < -0.39 is 52.9 Å². The molecule has 0 spiro atoms. The number of alkyl halides is 6. The first-order valence-electron chi connectivity index (χ1n) is 8.88. The van der Waals surface area contributed by atoms with Crippen molar-refractivity contribution in [3.8, 4) is 0 Å². The van der Waals surface area contributed by atoms with E-state index in [1.807, 2.05) is 0 Å². The zero-order chi connectivity index (χ0) is 22.8. The van der Waals surface area contributed by atoms with E-state index in [4.69, 9.17) is 0 Å². The molecule has 1 atom stereocenters. The Labute approximate surface area is 171 Å². The monoisotopic (exact) mass is 440 g/mol. The van der Waals surface area contributed by atoms with Crippen molar-refractivity contribution in [2.45, 2.75) is 24.7 Å². The standard InChI is InChI=1S/C21H14F6N2O2/c22-20(23,24)13-7-5-12(6-8-13)15(11-17(30)14-3-1-10-29-19(14)31)18-16(21(25,26)27)4-2-9-28-18/h1-10,15H,11H2,(H,29,31)/t15-/m0/s1. The molecule has 10 heteroatoms. The van der Waals surface area contributed by atoms with E-state index in [1.165, 1.54) is 18.3 Å². The molecule has 0 aliphatic heterocycles. The lowest BCUT2D eigenvalue weighted by molar-refractivity contribution is -0.139. The van der Waals surface area contributed by atoms with Crippen LogP contribution in [-0.4, -0.2) is 15.8 Å². The number of Topliss-reactive ketones (excluding diaryl/α,β-unsaturated/α-hetero) is 1. The number of rotatable bonds is 5. The van der Waals surface area contributed by atoms with Crippen LogP contribution in [0, 0.1) is 0 Å². The van der Waals surface area contributed by atoms with Gasteiger partial charge in [-0.1, -0.05) is 12.1 Å². The summed E-state index contributed by atoms with van der Waals surface area (Å²) in [6, 6.07) is 7.89. The van der Waals surface area contributed by atoms with Gasteiger partial charge >= 0.3 is 12.4 Å². The Morgan fingerprint density at radius 2 is 1.61 bits per heavy atom. The number of carbonyl (C=O) groups excluding carboxylic acids is 1. The van der Waals surface area contributed by atoms with E-state index in [9.17, 15) is 35.9 Å². The van der Waals surface area contributed by atoms with E-state index in [-0.39, 0.29) is 11.1 Å². The summed E-state index contributed by atoms with van der Waals surface area (Å²) in [7, 11) is 0. The molecule has 0 bridgehead atoms. The smallest absolute Gasteiger partial charge is 0.328 e. The fourth-order valence-electron chi connectivity index (χ4n) is 3.15. The molecule has 31 heavy (non-hydrogen) atoms. The van der Waals surface area contributed by atoms with Gasteiger partial charge in [0.15, 0.2) is 5.78 Å². The van der Waals surface area contributed by atoms with Gasteiger partial charge in [0.05, 0.1) is 22.4 Å². The summed E-state index contributed by atoms with van der Waals surface area (Å²) in [4.78, 5) is 30.7. The average molecular weight is 440 g/mol. The van der Waals surface area contributed by atoms with Gasteiger partial charge in [0.2, 0.25) is 0 Å². The largest absolute Gasteiger partial charge is 0.418 e. The number of hydrogen-bond acceptors (Lipinski definition) is 3. The first kappa shape index (κ1) is 22.3. The van der Waals surface area contributed by atoms with Crippen LogP contribution >= 0.6 is 0 Å². The second-order valence-corrected chi connectivity index (χ2v) is 6.65. The molecule has 1 aromatic carbocycles. The molecule has 0 saturated carbocycles. The van der Waals surface area contributed by atoms with Crippen LogP contribution in [0.2, 0.25) is 0 Å². The van der Waals surface area contributed by atoms with Gasteiger partial charge in [-0.3, -0.25) is 14.6 Å². The van der Waals surface area contributed by atoms with Crippen molar-refractivity contribution in [1.82, 2.24) is 9.97 Å². The van der Waals surface area contributed by atoms with Gasteiger partial charge in [-0.05, 0) is 42.0 Å². The van der Waals surface area contributed by atoms with Crippen LogP contribution in [-0.2, 0) is 12.4 Å². The molecule has 3 rings (SSSR count). The van der Waals surface area contributed by atoms with Gasteiger partial charge in [-0.15, -0.1) is 0 Å².